The molecule has 7 nitrogen and oxygen atoms in total. The minimum atomic E-state index is -0.495. The Hall–Kier alpha value is -3.32. The van der Waals surface area contributed by atoms with Crippen LogP contribution in [0.2, 0.25) is 0 Å². The van der Waals surface area contributed by atoms with Crippen LogP contribution in [-0.4, -0.2) is 43.8 Å². The molecule has 2 amide bonds. The molecule has 0 aliphatic heterocycles. The van der Waals surface area contributed by atoms with E-state index in [4.69, 9.17) is 14.6 Å². The number of amides is 2. The fourth-order valence-corrected chi connectivity index (χ4v) is 2.45. The van der Waals surface area contributed by atoms with Crippen LogP contribution < -0.4 is 20.1 Å². The Labute approximate surface area is 176 Å². The molecule has 2 aromatic carbocycles. The van der Waals surface area contributed by atoms with Crippen LogP contribution in [-0.2, 0) is 4.79 Å². The van der Waals surface area contributed by atoms with Crippen LogP contribution in [0.15, 0.2) is 54.2 Å². The fourth-order valence-electron chi connectivity index (χ4n) is 2.45. The maximum atomic E-state index is 12.7. The SMILES string of the molecule is COc1ccc(/C=C(\NC(=O)c2ccc(OCC(C)C)cc2)C(=O)NCCO)cc1. The number of aliphatic hydroxyl groups is 1. The molecule has 0 radical (unpaired) electrons. The van der Waals surface area contributed by atoms with Gasteiger partial charge in [-0.05, 0) is 54.0 Å². The maximum absolute atomic E-state index is 12.7. The summed E-state index contributed by atoms with van der Waals surface area (Å²) in [6, 6.07) is 13.8. The Bertz CT molecular complexity index is 858. The van der Waals surface area contributed by atoms with Gasteiger partial charge in [0.2, 0.25) is 0 Å². The van der Waals surface area contributed by atoms with Crippen LogP contribution in [0.25, 0.3) is 6.08 Å². The van der Waals surface area contributed by atoms with Crippen LogP contribution in [0, 0.1) is 5.92 Å². The van der Waals surface area contributed by atoms with E-state index in [0.717, 1.165) is 0 Å². The molecule has 7 heteroatoms. The first-order chi connectivity index (χ1) is 14.4. The zero-order valence-corrected chi connectivity index (χ0v) is 17.5. The number of methoxy groups -OCH3 is 1. The second-order valence-electron chi connectivity index (χ2n) is 6.99. The molecule has 0 saturated heterocycles. The first-order valence-electron chi connectivity index (χ1n) is 9.72. The number of nitrogens with one attached hydrogen (secondary N) is 2. The minimum Gasteiger partial charge on any atom is -0.497 e. The standard InChI is InChI=1S/C23H28N2O5/c1-16(2)15-30-20-10-6-18(7-11-20)22(27)25-21(23(28)24-12-13-26)14-17-4-8-19(29-3)9-5-17/h4-11,14,16,26H,12-13,15H2,1-3H3,(H,24,28)(H,25,27)/b21-14-. The van der Waals surface area contributed by atoms with Gasteiger partial charge in [0.1, 0.15) is 17.2 Å². The van der Waals surface area contributed by atoms with Gasteiger partial charge in [-0.2, -0.15) is 0 Å². The first kappa shape index (κ1) is 23.0. The van der Waals surface area contributed by atoms with E-state index in [0.29, 0.717) is 35.2 Å². The number of carbonyl (C=O) groups excluding carboxylic acids is 2. The summed E-state index contributed by atoms with van der Waals surface area (Å²) in [5, 5.41) is 14.2. The quantitative estimate of drug-likeness (QED) is 0.521. The average Bonchev–Trinajstić information content (AvgIpc) is 2.76. The summed E-state index contributed by atoms with van der Waals surface area (Å²) in [6.45, 7) is 4.58. The number of hydrogen-bond donors (Lipinski definition) is 3. The van der Waals surface area contributed by atoms with E-state index in [1.807, 2.05) is 0 Å². The molecule has 0 spiro atoms. The Morgan fingerprint density at radius 2 is 1.67 bits per heavy atom. The smallest absolute Gasteiger partial charge is 0.267 e. The van der Waals surface area contributed by atoms with Gasteiger partial charge in [-0.1, -0.05) is 26.0 Å². The van der Waals surface area contributed by atoms with Gasteiger partial charge in [-0.25, -0.2) is 0 Å². The Balaban J connectivity index is 2.16. The lowest BCUT2D eigenvalue weighted by Crippen LogP contribution is -2.36. The van der Waals surface area contributed by atoms with Crippen LogP contribution in [0.5, 0.6) is 11.5 Å². The molecule has 0 fully saturated rings. The third-order valence-corrected chi connectivity index (χ3v) is 4.02. The average molecular weight is 412 g/mol. The molecule has 30 heavy (non-hydrogen) atoms. The fraction of sp³-hybridized carbons (Fsp3) is 0.304. The summed E-state index contributed by atoms with van der Waals surface area (Å²) in [5.74, 6) is 0.836. The zero-order chi connectivity index (χ0) is 21.9. The van der Waals surface area contributed by atoms with E-state index >= 15 is 0 Å². The molecule has 0 aliphatic carbocycles. The van der Waals surface area contributed by atoms with Gasteiger partial charge in [-0.15, -0.1) is 0 Å². The number of hydrogen-bond acceptors (Lipinski definition) is 5. The molecule has 160 valence electrons. The number of benzene rings is 2. The van der Waals surface area contributed by atoms with Gasteiger partial charge < -0.3 is 25.2 Å². The summed E-state index contributed by atoms with van der Waals surface area (Å²) in [7, 11) is 1.57. The molecule has 0 heterocycles. The van der Waals surface area contributed by atoms with Gasteiger partial charge in [0.25, 0.3) is 11.8 Å². The maximum Gasteiger partial charge on any atom is 0.267 e. The van der Waals surface area contributed by atoms with Gasteiger partial charge in [-0.3, -0.25) is 9.59 Å². The Morgan fingerprint density at radius 3 is 2.23 bits per heavy atom. The zero-order valence-electron chi connectivity index (χ0n) is 17.5. The molecule has 0 aliphatic rings. The van der Waals surface area contributed by atoms with Crippen molar-refractivity contribution in [1.29, 1.82) is 0 Å². The second-order valence-corrected chi connectivity index (χ2v) is 6.99. The van der Waals surface area contributed by atoms with Crippen molar-refractivity contribution in [3.05, 3.63) is 65.4 Å². The molecule has 0 atom stereocenters. The van der Waals surface area contributed by atoms with E-state index in [1.54, 1.807) is 61.7 Å². The third kappa shape index (κ3) is 7.25. The van der Waals surface area contributed by atoms with Crippen molar-refractivity contribution < 1.29 is 24.2 Å². The van der Waals surface area contributed by atoms with Gasteiger partial charge in [0, 0.05) is 12.1 Å². The van der Waals surface area contributed by atoms with Gasteiger partial charge >= 0.3 is 0 Å². The minimum absolute atomic E-state index is 0.0683. The normalized spacial score (nSPS) is 11.2. The largest absolute Gasteiger partial charge is 0.497 e. The Kier molecular flexibility index (Phi) is 8.90. The molecular formula is C23H28N2O5. The lowest BCUT2D eigenvalue weighted by atomic mass is 10.1. The van der Waals surface area contributed by atoms with Gasteiger partial charge in [0.05, 0.1) is 20.3 Å². The Morgan fingerprint density at radius 1 is 1.03 bits per heavy atom. The summed E-state index contributed by atoms with van der Waals surface area (Å²) in [4.78, 5) is 25.1. The molecular weight excluding hydrogens is 384 g/mol. The van der Waals surface area contributed by atoms with Crippen molar-refractivity contribution in [1.82, 2.24) is 10.6 Å². The number of ether oxygens (including phenoxy) is 2. The van der Waals surface area contributed by atoms with Crippen LogP contribution in [0.1, 0.15) is 29.8 Å². The summed E-state index contributed by atoms with van der Waals surface area (Å²) in [5.41, 5.74) is 1.17. The van der Waals surface area contributed by atoms with Crippen molar-refractivity contribution in [2.75, 3.05) is 26.9 Å². The lowest BCUT2D eigenvalue weighted by Gasteiger charge is -2.12. The van der Waals surface area contributed by atoms with E-state index in [-0.39, 0.29) is 18.8 Å². The highest BCUT2D eigenvalue weighted by molar-refractivity contribution is 6.05. The van der Waals surface area contributed by atoms with E-state index in [2.05, 4.69) is 24.5 Å². The monoisotopic (exact) mass is 412 g/mol. The molecule has 0 saturated carbocycles. The predicted octanol–water partition coefficient (Wildman–Crippen LogP) is 2.61. The molecule has 2 aromatic rings. The molecule has 3 N–H and O–H groups in total. The third-order valence-electron chi connectivity index (χ3n) is 4.02. The molecule has 0 bridgehead atoms. The summed E-state index contributed by atoms with van der Waals surface area (Å²) < 4.78 is 10.8. The van der Waals surface area contributed by atoms with Crippen LogP contribution >= 0.6 is 0 Å². The first-order valence-corrected chi connectivity index (χ1v) is 9.72. The van der Waals surface area contributed by atoms with Crippen molar-refractivity contribution >= 4 is 17.9 Å². The molecule has 0 unspecified atom stereocenters. The summed E-state index contributed by atoms with van der Waals surface area (Å²) >= 11 is 0. The highest BCUT2D eigenvalue weighted by Gasteiger charge is 2.14. The van der Waals surface area contributed by atoms with E-state index in [1.165, 1.54) is 0 Å². The molecule has 0 aromatic heterocycles. The van der Waals surface area contributed by atoms with Crippen molar-refractivity contribution in [3.63, 3.8) is 0 Å². The predicted molar refractivity (Wildman–Crippen MR) is 115 cm³/mol. The van der Waals surface area contributed by atoms with E-state index in [9.17, 15) is 9.59 Å². The van der Waals surface area contributed by atoms with Crippen molar-refractivity contribution in [2.24, 2.45) is 5.92 Å². The molecule has 2 rings (SSSR count). The summed E-state index contributed by atoms with van der Waals surface area (Å²) in [6.07, 6.45) is 1.56. The highest BCUT2D eigenvalue weighted by atomic mass is 16.5. The van der Waals surface area contributed by atoms with Gasteiger partial charge in [0.15, 0.2) is 0 Å². The highest BCUT2D eigenvalue weighted by Crippen LogP contribution is 2.15. The van der Waals surface area contributed by atoms with E-state index < -0.39 is 11.8 Å². The van der Waals surface area contributed by atoms with Crippen molar-refractivity contribution in [3.8, 4) is 11.5 Å². The van der Waals surface area contributed by atoms with Crippen LogP contribution in [0.3, 0.4) is 0 Å². The second kappa shape index (κ2) is 11.6. The number of aliphatic hydroxyl groups excluding tert-OH is 1. The van der Waals surface area contributed by atoms with Crippen LogP contribution in [0.4, 0.5) is 0 Å². The number of rotatable bonds is 10. The lowest BCUT2D eigenvalue weighted by molar-refractivity contribution is -0.117. The topological polar surface area (TPSA) is 96.9 Å². The number of carbonyl (C=O) groups is 2. The van der Waals surface area contributed by atoms with Crippen molar-refractivity contribution in [2.45, 2.75) is 13.8 Å².